The Kier molecular flexibility index (Phi) is 4.91. The Morgan fingerprint density at radius 1 is 1.43 bits per heavy atom. The highest BCUT2D eigenvalue weighted by atomic mass is 79.9. The molecule has 2 heteroatoms. The molecule has 0 bridgehead atoms. The predicted molar refractivity (Wildman–Crippen MR) is 65.8 cm³/mol. The van der Waals surface area contributed by atoms with Crippen molar-refractivity contribution in [3.05, 3.63) is 47.0 Å². The molecule has 1 aromatic carbocycles. The van der Waals surface area contributed by atoms with Crippen molar-refractivity contribution in [2.24, 2.45) is 0 Å². The van der Waals surface area contributed by atoms with Crippen LogP contribution in [0.1, 0.15) is 18.4 Å². The molecule has 0 saturated heterocycles. The molecule has 0 saturated carbocycles. The third-order valence-corrected chi connectivity index (χ3v) is 2.42. The quantitative estimate of drug-likeness (QED) is 0.850. The second-order valence-corrected chi connectivity index (χ2v) is 4.58. The summed E-state index contributed by atoms with van der Waals surface area (Å²) >= 11 is 3.32. The zero-order valence-corrected chi connectivity index (χ0v) is 10.0. The van der Waals surface area contributed by atoms with Crippen LogP contribution < -0.4 is 5.32 Å². The molecule has 1 nitrogen and oxygen atoms in total. The van der Waals surface area contributed by atoms with Crippen LogP contribution in [0.3, 0.4) is 0 Å². The van der Waals surface area contributed by atoms with E-state index in [1.807, 2.05) is 6.07 Å². The monoisotopic (exact) mass is 253 g/mol. The van der Waals surface area contributed by atoms with Crippen LogP contribution in [0, 0.1) is 0 Å². The third kappa shape index (κ3) is 4.07. The van der Waals surface area contributed by atoms with E-state index >= 15 is 0 Å². The van der Waals surface area contributed by atoms with E-state index in [1.54, 1.807) is 0 Å². The molecular weight excluding hydrogens is 238 g/mol. The van der Waals surface area contributed by atoms with Gasteiger partial charge in [-0.25, -0.2) is 0 Å². The lowest BCUT2D eigenvalue weighted by Crippen LogP contribution is -2.21. The lowest BCUT2D eigenvalue weighted by molar-refractivity contribution is 0.650. The first kappa shape index (κ1) is 11.5. The molecular formula is C12H16BrN. The smallest absolute Gasteiger partial charge is 0.0265 e. The average molecular weight is 254 g/mol. The van der Waals surface area contributed by atoms with E-state index in [-0.39, 0.29) is 0 Å². The van der Waals surface area contributed by atoms with E-state index in [1.165, 1.54) is 5.56 Å². The van der Waals surface area contributed by atoms with E-state index in [4.69, 9.17) is 0 Å². The molecule has 14 heavy (non-hydrogen) atoms. The standard InChI is InChI=1S/C12H16BrN/c1-10(8-14-9-11(2)13)12-6-4-3-5-7-12/h3-7,10,14H,2,8-9H2,1H3. The van der Waals surface area contributed by atoms with Gasteiger partial charge in [0, 0.05) is 17.6 Å². The topological polar surface area (TPSA) is 12.0 Å². The lowest BCUT2D eigenvalue weighted by atomic mass is 10.0. The van der Waals surface area contributed by atoms with E-state index in [9.17, 15) is 0 Å². The minimum Gasteiger partial charge on any atom is -0.312 e. The van der Waals surface area contributed by atoms with Crippen LogP contribution in [0.15, 0.2) is 41.4 Å². The number of rotatable bonds is 5. The molecule has 76 valence electrons. The fraction of sp³-hybridized carbons (Fsp3) is 0.333. The Morgan fingerprint density at radius 3 is 2.64 bits per heavy atom. The van der Waals surface area contributed by atoms with Gasteiger partial charge >= 0.3 is 0 Å². The van der Waals surface area contributed by atoms with Gasteiger partial charge in [-0.2, -0.15) is 0 Å². The van der Waals surface area contributed by atoms with Gasteiger partial charge in [-0.3, -0.25) is 0 Å². The van der Waals surface area contributed by atoms with Crippen molar-refractivity contribution < 1.29 is 0 Å². The molecule has 1 N–H and O–H groups in total. The fourth-order valence-electron chi connectivity index (χ4n) is 1.32. The van der Waals surface area contributed by atoms with Crippen molar-refractivity contribution >= 4 is 15.9 Å². The van der Waals surface area contributed by atoms with E-state index in [2.05, 4.69) is 59.0 Å². The lowest BCUT2D eigenvalue weighted by Gasteiger charge is -2.12. The van der Waals surface area contributed by atoms with E-state index in [0.717, 1.165) is 17.6 Å². The zero-order chi connectivity index (χ0) is 10.4. The zero-order valence-electron chi connectivity index (χ0n) is 8.46. The van der Waals surface area contributed by atoms with Gasteiger partial charge in [-0.1, -0.05) is 59.8 Å². The van der Waals surface area contributed by atoms with Crippen LogP contribution in [0.4, 0.5) is 0 Å². The summed E-state index contributed by atoms with van der Waals surface area (Å²) in [5.74, 6) is 0.544. The molecule has 0 amide bonds. The maximum Gasteiger partial charge on any atom is 0.0265 e. The minimum absolute atomic E-state index is 0.544. The van der Waals surface area contributed by atoms with Gasteiger partial charge < -0.3 is 5.32 Å². The van der Waals surface area contributed by atoms with Crippen molar-refractivity contribution in [3.8, 4) is 0 Å². The van der Waals surface area contributed by atoms with Crippen LogP contribution in [0.2, 0.25) is 0 Å². The number of halogens is 1. The van der Waals surface area contributed by atoms with Crippen molar-refractivity contribution in [2.75, 3.05) is 13.1 Å². The van der Waals surface area contributed by atoms with Crippen LogP contribution >= 0.6 is 15.9 Å². The summed E-state index contributed by atoms with van der Waals surface area (Å²) in [6.07, 6.45) is 0. The van der Waals surface area contributed by atoms with Crippen LogP contribution in [0.25, 0.3) is 0 Å². The summed E-state index contributed by atoms with van der Waals surface area (Å²) in [6, 6.07) is 10.5. The largest absolute Gasteiger partial charge is 0.312 e. The molecule has 0 aliphatic carbocycles. The highest BCUT2D eigenvalue weighted by Crippen LogP contribution is 2.13. The van der Waals surface area contributed by atoms with Gasteiger partial charge in [-0.15, -0.1) is 0 Å². The Bertz CT molecular complexity index is 282. The molecule has 1 unspecified atom stereocenters. The summed E-state index contributed by atoms with van der Waals surface area (Å²) in [7, 11) is 0. The molecule has 0 spiro atoms. The maximum absolute atomic E-state index is 3.78. The van der Waals surface area contributed by atoms with Gasteiger partial charge in [0.25, 0.3) is 0 Å². The van der Waals surface area contributed by atoms with E-state index < -0.39 is 0 Å². The highest BCUT2D eigenvalue weighted by Gasteiger charge is 2.03. The molecule has 0 fully saturated rings. The summed E-state index contributed by atoms with van der Waals surface area (Å²) in [5.41, 5.74) is 1.38. The normalized spacial score (nSPS) is 12.4. The van der Waals surface area contributed by atoms with Gasteiger partial charge in [0.05, 0.1) is 0 Å². The number of hydrogen-bond donors (Lipinski definition) is 1. The van der Waals surface area contributed by atoms with E-state index in [0.29, 0.717) is 5.92 Å². The molecule has 1 aromatic rings. The second kappa shape index (κ2) is 5.99. The van der Waals surface area contributed by atoms with Gasteiger partial charge in [0.15, 0.2) is 0 Å². The Hall–Kier alpha value is -0.600. The molecule has 1 rings (SSSR count). The summed E-state index contributed by atoms with van der Waals surface area (Å²) in [6.45, 7) is 7.81. The average Bonchev–Trinajstić information content (AvgIpc) is 2.18. The molecule has 0 heterocycles. The first-order valence-corrected chi connectivity index (χ1v) is 5.58. The molecule has 1 atom stereocenters. The Labute approximate surface area is 94.3 Å². The van der Waals surface area contributed by atoms with Crippen molar-refractivity contribution in [1.29, 1.82) is 0 Å². The number of hydrogen-bond acceptors (Lipinski definition) is 1. The van der Waals surface area contributed by atoms with Gasteiger partial charge in [-0.05, 0) is 11.5 Å². The predicted octanol–water partition coefficient (Wildman–Crippen LogP) is 3.29. The van der Waals surface area contributed by atoms with Crippen LogP contribution in [0.5, 0.6) is 0 Å². The number of nitrogens with one attached hydrogen (secondary N) is 1. The van der Waals surface area contributed by atoms with Crippen LogP contribution in [-0.4, -0.2) is 13.1 Å². The fourth-order valence-corrected chi connectivity index (χ4v) is 1.52. The number of benzene rings is 1. The first-order chi connectivity index (χ1) is 6.70. The summed E-state index contributed by atoms with van der Waals surface area (Å²) in [4.78, 5) is 0. The molecule has 0 aliphatic heterocycles. The summed E-state index contributed by atoms with van der Waals surface area (Å²) < 4.78 is 0.998. The van der Waals surface area contributed by atoms with Gasteiger partial charge in [0.1, 0.15) is 0 Å². The minimum atomic E-state index is 0.544. The Morgan fingerprint density at radius 2 is 2.07 bits per heavy atom. The second-order valence-electron chi connectivity index (χ2n) is 3.46. The first-order valence-electron chi connectivity index (χ1n) is 4.79. The van der Waals surface area contributed by atoms with Crippen LogP contribution in [-0.2, 0) is 0 Å². The van der Waals surface area contributed by atoms with Crippen molar-refractivity contribution in [3.63, 3.8) is 0 Å². The molecule has 0 radical (unpaired) electrons. The maximum atomic E-state index is 3.78. The summed E-state index contributed by atoms with van der Waals surface area (Å²) in [5, 5.41) is 3.34. The highest BCUT2D eigenvalue weighted by molar-refractivity contribution is 9.11. The SMILES string of the molecule is C=C(Br)CNCC(C)c1ccccc1. The molecule has 0 aliphatic rings. The molecule has 0 aromatic heterocycles. The van der Waals surface area contributed by atoms with Gasteiger partial charge in [0.2, 0.25) is 0 Å². The van der Waals surface area contributed by atoms with Crippen molar-refractivity contribution in [1.82, 2.24) is 5.32 Å². The van der Waals surface area contributed by atoms with Crippen molar-refractivity contribution in [2.45, 2.75) is 12.8 Å². The Balaban J connectivity index is 2.36. The third-order valence-electron chi connectivity index (χ3n) is 2.14.